The zero-order chi connectivity index (χ0) is 12.0. The van der Waals surface area contributed by atoms with Crippen molar-refractivity contribution >= 4 is 23.7 Å². The third-order valence-corrected chi connectivity index (χ3v) is 1.54. The summed E-state index contributed by atoms with van der Waals surface area (Å²) in [4.78, 5) is 42.4. The number of hydrogen-bond acceptors (Lipinski definition) is 6. The van der Waals surface area contributed by atoms with E-state index < -0.39 is 30.2 Å². The molecule has 0 aliphatic rings. The number of ether oxygens (including phenoxy) is 1. The number of carboxylic acids is 1. The normalized spacial score (nSPS) is 10.9. The molecule has 1 atom stereocenters. The molecular formula is C9H11NaO6. The quantitative estimate of drug-likeness (QED) is 0.273. The Balaban J connectivity index is 0. The van der Waals surface area contributed by atoms with Crippen molar-refractivity contribution < 1.29 is 58.6 Å². The van der Waals surface area contributed by atoms with Gasteiger partial charge in [-0.1, -0.05) is 0 Å². The molecule has 0 aromatic rings. The van der Waals surface area contributed by atoms with Crippen molar-refractivity contribution in [2.24, 2.45) is 5.92 Å². The third kappa shape index (κ3) is 8.58. The predicted octanol–water partition coefficient (Wildman–Crippen LogP) is -4.18. The molecule has 0 saturated carbocycles. The Morgan fingerprint density at radius 2 is 1.62 bits per heavy atom. The van der Waals surface area contributed by atoms with E-state index in [1.165, 1.54) is 6.92 Å². The van der Waals surface area contributed by atoms with Crippen LogP contribution in [0.3, 0.4) is 0 Å². The summed E-state index contributed by atoms with van der Waals surface area (Å²) in [5, 5.41) is 10.5. The molecule has 6 nitrogen and oxygen atoms in total. The fourth-order valence-electron chi connectivity index (χ4n) is 0.989. The number of carbonyl (C=O) groups is 4. The maximum Gasteiger partial charge on any atom is 1.00 e. The van der Waals surface area contributed by atoms with E-state index in [2.05, 4.69) is 4.74 Å². The second-order valence-electron chi connectivity index (χ2n) is 3.09. The standard InChI is InChI=1S/C9H12O6.Na/c1-5(10)3-7(9(13)14)4-8(12)15-6(2)11;/h7H,3-4H2,1-2H3,(H,13,14);/q;+1/p-1. The fraction of sp³-hybridized carbons (Fsp3) is 0.556. The number of Topliss-reactive ketones (excluding diaryl/α,β-unsaturated/α-hetero) is 1. The van der Waals surface area contributed by atoms with Crippen molar-refractivity contribution in [2.75, 3.05) is 0 Å². The SMILES string of the molecule is CC(=O)CC(CC(=O)OC(C)=O)C(=O)[O-].[Na+]. The molecule has 0 radical (unpaired) electrons. The third-order valence-electron chi connectivity index (χ3n) is 1.54. The van der Waals surface area contributed by atoms with Crippen LogP contribution in [0.1, 0.15) is 26.7 Å². The average molecular weight is 238 g/mol. The Bertz CT molecular complexity index is 298. The monoisotopic (exact) mass is 238 g/mol. The molecule has 0 N–H and O–H groups in total. The van der Waals surface area contributed by atoms with Gasteiger partial charge in [-0.25, -0.2) is 0 Å². The Morgan fingerprint density at radius 3 is 1.94 bits per heavy atom. The van der Waals surface area contributed by atoms with E-state index in [9.17, 15) is 24.3 Å². The van der Waals surface area contributed by atoms with Crippen LogP contribution in [-0.2, 0) is 23.9 Å². The van der Waals surface area contributed by atoms with Gasteiger partial charge in [0, 0.05) is 25.2 Å². The summed E-state index contributed by atoms with van der Waals surface area (Å²) in [6.45, 7) is 2.23. The molecule has 7 heteroatoms. The Kier molecular flexibility index (Phi) is 9.31. The molecule has 0 fully saturated rings. The van der Waals surface area contributed by atoms with E-state index in [0.29, 0.717) is 0 Å². The summed E-state index contributed by atoms with van der Waals surface area (Å²) in [5.41, 5.74) is 0. The van der Waals surface area contributed by atoms with E-state index in [1.807, 2.05) is 0 Å². The first kappa shape index (κ1) is 17.7. The molecule has 1 unspecified atom stereocenters. The smallest absolute Gasteiger partial charge is 0.550 e. The van der Waals surface area contributed by atoms with E-state index in [1.54, 1.807) is 0 Å². The van der Waals surface area contributed by atoms with Crippen LogP contribution >= 0.6 is 0 Å². The van der Waals surface area contributed by atoms with Gasteiger partial charge in [-0.15, -0.1) is 0 Å². The van der Waals surface area contributed by atoms with E-state index in [-0.39, 0.29) is 41.8 Å². The second kappa shape index (κ2) is 8.43. The summed E-state index contributed by atoms with van der Waals surface area (Å²) >= 11 is 0. The van der Waals surface area contributed by atoms with Gasteiger partial charge in [-0.3, -0.25) is 9.59 Å². The molecule has 0 heterocycles. The summed E-state index contributed by atoms with van der Waals surface area (Å²) in [7, 11) is 0. The van der Waals surface area contributed by atoms with Crippen LogP contribution in [0.25, 0.3) is 0 Å². The topological polar surface area (TPSA) is 101 Å². The number of carboxylic acid groups (broad SMARTS) is 1. The second-order valence-corrected chi connectivity index (χ2v) is 3.09. The van der Waals surface area contributed by atoms with Crippen LogP contribution in [0, 0.1) is 5.92 Å². The summed E-state index contributed by atoms with van der Waals surface area (Å²) in [5.74, 6) is -4.92. The summed E-state index contributed by atoms with van der Waals surface area (Å²) in [6, 6.07) is 0. The number of esters is 2. The van der Waals surface area contributed by atoms with Crippen LogP contribution in [0.5, 0.6) is 0 Å². The number of hydrogen-bond donors (Lipinski definition) is 0. The zero-order valence-electron chi connectivity index (χ0n) is 9.44. The Morgan fingerprint density at radius 1 is 1.12 bits per heavy atom. The van der Waals surface area contributed by atoms with Crippen LogP contribution in [-0.4, -0.2) is 23.7 Å². The van der Waals surface area contributed by atoms with Crippen molar-refractivity contribution in [1.82, 2.24) is 0 Å². The first-order valence-electron chi connectivity index (χ1n) is 4.24. The molecular weight excluding hydrogens is 227 g/mol. The molecule has 0 bridgehead atoms. The molecule has 0 aliphatic heterocycles. The molecule has 0 spiro atoms. The van der Waals surface area contributed by atoms with Crippen molar-refractivity contribution in [3.05, 3.63) is 0 Å². The number of rotatable bonds is 5. The van der Waals surface area contributed by atoms with E-state index >= 15 is 0 Å². The van der Waals surface area contributed by atoms with Crippen molar-refractivity contribution in [2.45, 2.75) is 26.7 Å². The zero-order valence-corrected chi connectivity index (χ0v) is 11.4. The largest absolute Gasteiger partial charge is 1.00 e. The Labute approximate surface area is 115 Å². The van der Waals surface area contributed by atoms with Crippen molar-refractivity contribution in [1.29, 1.82) is 0 Å². The average Bonchev–Trinajstić information content (AvgIpc) is 1.99. The first-order chi connectivity index (χ1) is 6.82. The minimum Gasteiger partial charge on any atom is -0.550 e. The van der Waals surface area contributed by atoms with Gasteiger partial charge in [0.15, 0.2) is 0 Å². The number of aliphatic carboxylic acids is 1. The molecule has 84 valence electrons. The van der Waals surface area contributed by atoms with Gasteiger partial charge in [-0.2, -0.15) is 0 Å². The molecule has 0 aromatic carbocycles. The van der Waals surface area contributed by atoms with Gasteiger partial charge >= 0.3 is 41.5 Å². The van der Waals surface area contributed by atoms with Crippen LogP contribution in [0.2, 0.25) is 0 Å². The minimum absolute atomic E-state index is 0. The van der Waals surface area contributed by atoms with Crippen LogP contribution < -0.4 is 34.7 Å². The molecule has 0 aromatic heterocycles. The number of carbonyl (C=O) groups excluding carboxylic acids is 4. The molecule has 0 saturated heterocycles. The minimum atomic E-state index is -1.51. The molecule has 0 rings (SSSR count). The maximum absolute atomic E-state index is 10.9. The Hall–Kier alpha value is -0.720. The fourth-order valence-corrected chi connectivity index (χ4v) is 0.989. The maximum atomic E-state index is 10.9. The summed E-state index contributed by atoms with van der Waals surface area (Å²) < 4.78 is 4.13. The van der Waals surface area contributed by atoms with Gasteiger partial charge < -0.3 is 19.4 Å². The van der Waals surface area contributed by atoms with Gasteiger partial charge in [-0.05, 0) is 6.92 Å². The van der Waals surface area contributed by atoms with Crippen molar-refractivity contribution in [3.8, 4) is 0 Å². The van der Waals surface area contributed by atoms with Crippen molar-refractivity contribution in [3.63, 3.8) is 0 Å². The van der Waals surface area contributed by atoms with Gasteiger partial charge in [0.2, 0.25) is 0 Å². The molecule has 0 aliphatic carbocycles. The summed E-state index contributed by atoms with van der Waals surface area (Å²) in [6.07, 6.45) is -0.850. The predicted molar refractivity (Wildman–Crippen MR) is 45.2 cm³/mol. The van der Waals surface area contributed by atoms with Gasteiger partial charge in [0.1, 0.15) is 5.78 Å². The molecule has 0 amide bonds. The van der Waals surface area contributed by atoms with Gasteiger partial charge in [0.25, 0.3) is 0 Å². The van der Waals surface area contributed by atoms with Crippen LogP contribution in [0.4, 0.5) is 0 Å². The van der Waals surface area contributed by atoms with Gasteiger partial charge in [0.05, 0.1) is 6.42 Å². The first-order valence-corrected chi connectivity index (χ1v) is 4.24. The van der Waals surface area contributed by atoms with E-state index in [4.69, 9.17) is 0 Å². The number of ketones is 1. The van der Waals surface area contributed by atoms with E-state index in [0.717, 1.165) is 6.92 Å². The van der Waals surface area contributed by atoms with Crippen LogP contribution in [0.15, 0.2) is 0 Å². The molecule has 16 heavy (non-hydrogen) atoms.